The van der Waals surface area contributed by atoms with Gasteiger partial charge in [0.15, 0.2) is 0 Å². The zero-order chi connectivity index (χ0) is 33.3. The molecule has 2 atom stereocenters. The van der Waals surface area contributed by atoms with Crippen LogP contribution in [-0.2, 0) is 32.6 Å². The Balaban J connectivity index is 1.81. The minimum atomic E-state index is -4.33. The van der Waals surface area contributed by atoms with Crippen LogP contribution in [0.3, 0.4) is 0 Å². The summed E-state index contributed by atoms with van der Waals surface area (Å²) in [6.07, 6.45) is 0.888. The fourth-order valence-corrected chi connectivity index (χ4v) is 6.35. The third-order valence-corrected chi connectivity index (χ3v) is 9.55. The lowest BCUT2D eigenvalue weighted by Gasteiger charge is -2.34. The molecule has 0 aliphatic carbocycles. The molecule has 0 saturated carbocycles. The number of carbonyl (C=O) groups excluding carboxylic acids is 2. The van der Waals surface area contributed by atoms with Crippen LogP contribution in [-0.4, -0.2) is 50.9 Å². The smallest absolute Gasteiger partial charge is 0.264 e. The van der Waals surface area contributed by atoms with Gasteiger partial charge in [-0.3, -0.25) is 13.9 Å². The molecule has 0 aliphatic rings. The normalized spacial score (nSPS) is 12.5. The van der Waals surface area contributed by atoms with Gasteiger partial charge >= 0.3 is 0 Å². The standard InChI is InChI=1S/C36H40FN3O5S/c1-5-27(3)38-36(42)34(23-28-10-7-6-8-11-28)39(24-29-12-9-13-32(22-29)45-4)35(41)25-40(31-18-14-26(2)15-19-31)46(43,44)33-20-16-30(37)17-21-33/h6-22,27,34H,5,23-25H2,1-4H3,(H,38,42)/t27-,34-/m1/s1. The van der Waals surface area contributed by atoms with Crippen molar-refractivity contribution in [3.63, 3.8) is 0 Å². The zero-order valence-electron chi connectivity index (χ0n) is 26.5. The number of carbonyl (C=O) groups is 2. The van der Waals surface area contributed by atoms with Crippen molar-refractivity contribution in [2.24, 2.45) is 0 Å². The SMILES string of the molecule is CC[C@@H](C)NC(=O)[C@@H](Cc1ccccc1)N(Cc1cccc(OC)c1)C(=O)CN(c1ccc(C)cc1)S(=O)(=O)c1ccc(F)cc1. The van der Waals surface area contributed by atoms with Crippen molar-refractivity contribution >= 4 is 27.5 Å². The van der Waals surface area contributed by atoms with Crippen LogP contribution in [0.5, 0.6) is 5.75 Å². The number of hydrogen-bond donors (Lipinski definition) is 1. The Morgan fingerprint density at radius 2 is 1.54 bits per heavy atom. The van der Waals surface area contributed by atoms with Crippen molar-refractivity contribution in [1.29, 1.82) is 0 Å². The summed E-state index contributed by atoms with van der Waals surface area (Å²) in [4.78, 5) is 29.7. The van der Waals surface area contributed by atoms with E-state index in [2.05, 4.69) is 5.32 Å². The van der Waals surface area contributed by atoms with Crippen LogP contribution in [0.1, 0.15) is 37.0 Å². The van der Waals surface area contributed by atoms with Gasteiger partial charge in [0, 0.05) is 19.0 Å². The number of sulfonamides is 1. The lowest BCUT2D eigenvalue weighted by molar-refractivity contribution is -0.140. The number of hydrogen-bond acceptors (Lipinski definition) is 5. The number of aryl methyl sites for hydroxylation is 1. The largest absolute Gasteiger partial charge is 0.497 e. The summed E-state index contributed by atoms with van der Waals surface area (Å²) in [7, 11) is -2.78. The Hall–Kier alpha value is -4.70. The second kappa shape index (κ2) is 15.5. The summed E-state index contributed by atoms with van der Waals surface area (Å²) in [5.41, 5.74) is 2.70. The van der Waals surface area contributed by atoms with Crippen LogP contribution in [0.15, 0.2) is 108 Å². The van der Waals surface area contributed by atoms with Crippen LogP contribution in [0, 0.1) is 12.7 Å². The number of ether oxygens (including phenoxy) is 1. The molecule has 0 aromatic heterocycles. The van der Waals surface area contributed by atoms with Gasteiger partial charge in [0.05, 0.1) is 17.7 Å². The van der Waals surface area contributed by atoms with Crippen molar-refractivity contribution in [3.8, 4) is 5.75 Å². The van der Waals surface area contributed by atoms with Crippen molar-refractivity contribution in [1.82, 2.24) is 10.2 Å². The fourth-order valence-electron chi connectivity index (χ4n) is 4.94. The molecule has 2 amide bonds. The maximum Gasteiger partial charge on any atom is 0.264 e. The van der Waals surface area contributed by atoms with Crippen molar-refractivity contribution in [2.45, 2.75) is 57.1 Å². The highest BCUT2D eigenvalue weighted by atomic mass is 32.2. The Morgan fingerprint density at radius 3 is 2.17 bits per heavy atom. The van der Waals surface area contributed by atoms with E-state index in [9.17, 15) is 22.4 Å². The number of rotatable bonds is 14. The van der Waals surface area contributed by atoms with Crippen LogP contribution in [0.25, 0.3) is 0 Å². The van der Waals surface area contributed by atoms with Crippen molar-refractivity contribution in [3.05, 3.63) is 126 Å². The number of amides is 2. The topological polar surface area (TPSA) is 96.0 Å². The molecule has 46 heavy (non-hydrogen) atoms. The molecule has 0 aliphatic heterocycles. The molecule has 8 nitrogen and oxygen atoms in total. The van der Waals surface area contributed by atoms with Gasteiger partial charge in [-0.25, -0.2) is 12.8 Å². The van der Waals surface area contributed by atoms with Gasteiger partial charge < -0.3 is 15.0 Å². The molecule has 10 heteroatoms. The van der Waals surface area contributed by atoms with Crippen LogP contribution >= 0.6 is 0 Å². The zero-order valence-corrected chi connectivity index (χ0v) is 27.3. The third-order valence-electron chi connectivity index (χ3n) is 7.76. The first-order chi connectivity index (χ1) is 22.0. The Morgan fingerprint density at radius 1 is 0.891 bits per heavy atom. The molecule has 242 valence electrons. The van der Waals surface area contributed by atoms with E-state index in [0.717, 1.165) is 27.6 Å². The first-order valence-electron chi connectivity index (χ1n) is 15.1. The van der Waals surface area contributed by atoms with E-state index in [4.69, 9.17) is 4.74 Å². The monoisotopic (exact) mass is 645 g/mol. The molecule has 0 heterocycles. The molecule has 0 saturated heterocycles. The Kier molecular flexibility index (Phi) is 11.5. The minimum absolute atomic E-state index is 0.0137. The van der Waals surface area contributed by atoms with Gasteiger partial charge in [-0.1, -0.05) is 67.1 Å². The molecular formula is C36H40FN3O5S. The first-order valence-corrected chi connectivity index (χ1v) is 16.6. The molecular weight excluding hydrogens is 605 g/mol. The summed E-state index contributed by atoms with van der Waals surface area (Å²) in [6, 6.07) is 26.6. The highest BCUT2D eigenvalue weighted by Crippen LogP contribution is 2.26. The van der Waals surface area contributed by atoms with E-state index in [-0.39, 0.29) is 35.5 Å². The summed E-state index contributed by atoms with van der Waals surface area (Å²) in [5, 5.41) is 3.02. The molecule has 4 aromatic rings. The number of nitrogens with one attached hydrogen (secondary N) is 1. The second-order valence-corrected chi connectivity index (χ2v) is 13.1. The predicted molar refractivity (Wildman–Crippen MR) is 177 cm³/mol. The van der Waals surface area contributed by atoms with E-state index >= 15 is 0 Å². The van der Waals surface area contributed by atoms with Gasteiger partial charge in [-0.15, -0.1) is 0 Å². The average Bonchev–Trinajstić information content (AvgIpc) is 3.06. The summed E-state index contributed by atoms with van der Waals surface area (Å²) >= 11 is 0. The van der Waals surface area contributed by atoms with E-state index in [1.54, 1.807) is 49.6 Å². The molecule has 4 rings (SSSR count). The van der Waals surface area contributed by atoms with Crippen LogP contribution < -0.4 is 14.4 Å². The van der Waals surface area contributed by atoms with E-state index in [0.29, 0.717) is 17.7 Å². The molecule has 0 bridgehead atoms. The van der Waals surface area contributed by atoms with Gasteiger partial charge in [0.2, 0.25) is 11.8 Å². The highest BCUT2D eigenvalue weighted by molar-refractivity contribution is 7.92. The van der Waals surface area contributed by atoms with Crippen LogP contribution in [0.4, 0.5) is 10.1 Å². The van der Waals surface area contributed by atoms with Crippen LogP contribution in [0.2, 0.25) is 0 Å². The molecule has 0 radical (unpaired) electrons. The quantitative estimate of drug-likeness (QED) is 0.185. The van der Waals surface area contributed by atoms with E-state index in [1.807, 2.05) is 57.2 Å². The Bertz CT molecular complexity index is 1720. The molecule has 4 aromatic carbocycles. The molecule has 0 spiro atoms. The Labute approximate surface area is 270 Å². The number of benzene rings is 4. The van der Waals surface area contributed by atoms with Gasteiger partial charge in [0.1, 0.15) is 24.2 Å². The molecule has 1 N–H and O–H groups in total. The minimum Gasteiger partial charge on any atom is -0.497 e. The van der Waals surface area contributed by atoms with Crippen molar-refractivity contribution < 1.29 is 27.1 Å². The highest BCUT2D eigenvalue weighted by Gasteiger charge is 2.35. The predicted octanol–water partition coefficient (Wildman–Crippen LogP) is 5.89. The van der Waals surface area contributed by atoms with E-state index < -0.39 is 34.3 Å². The summed E-state index contributed by atoms with van der Waals surface area (Å²) < 4.78 is 48.3. The maximum atomic E-state index is 14.5. The first kappa shape index (κ1) is 34.2. The number of anilines is 1. The average molecular weight is 646 g/mol. The van der Waals surface area contributed by atoms with Gasteiger partial charge in [-0.2, -0.15) is 0 Å². The summed E-state index contributed by atoms with van der Waals surface area (Å²) in [5.74, 6) is -0.946. The van der Waals surface area contributed by atoms with Gasteiger partial charge in [-0.05, 0) is 79.9 Å². The number of nitrogens with zero attached hydrogens (tertiary/aromatic N) is 2. The molecule has 0 fully saturated rings. The second-order valence-electron chi connectivity index (χ2n) is 11.2. The fraction of sp³-hybridized carbons (Fsp3) is 0.278. The lowest BCUT2D eigenvalue weighted by atomic mass is 10.0. The molecule has 0 unspecified atom stereocenters. The van der Waals surface area contributed by atoms with Gasteiger partial charge in [0.25, 0.3) is 10.0 Å². The van der Waals surface area contributed by atoms with E-state index in [1.165, 1.54) is 17.0 Å². The number of methoxy groups -OCH3 is 1. The number of halogens is 1. The maximum absolute atomic E-state index is 14.5. The third kappa shape index (κ3) is 8.72. The summed E-state index contributed by atoms with van der Waals surface area (Å²) in [6.45, 7) is 5.12. The lowest BCUT2D eigenvalue weighted by Crippen LogP contribution is -2.54. The van der Waals surface area contributed by atoms with Crippen molar-refractivity contribution in [2.75, 3.05) is 18.0 Å².